The van der Waals surface area contributed by atoms with Crippen LogP contribution in [0.25, 0.3) is 0 Å². The lowest BCUT2D eigenvalue weighted by Gasteiger charge is -2.23. The van der Waals surface area contributed by atoms with E-state index >= 15 is 0 Å². The molecule has 0 bridgehead atoms. The van der Waals surface area contributed by atoms with Crippen molar-refractivity contribution in [1.82, 2.24) is 4.90 Å². The lowest BCUT2D eigenvalue weighted by molar-refractivity contribution is -0.149. The molecule has 0 aliphatic carbocycles. The van der Waals surface area contributed by atoms with Crippen LogP contribution >= 0.6 is 15.9 Å². The second-order valence-electron chi connectivity index (χ2n) is 8.79. The summed E-state index contributed by atoms with van der Waals surface area (Å²) in [6.45, 7) is 4.35. The number of hydrogen-bond acceptors (Lipinski definition) is 5. The van der Waals surface area contributed by atoms with Crippen molar-refractivity contribution in [3.05, 3.63) is 94.5 Å². The maximum absolute atomic E-state index is 13.0. The Hall–Kier alpha value is -3.40. The molecule has 0 saturated carbocycles. The average Bonchev–Trinajstić information content (AvgIpc) is 2.94. The SMILES string of the molecule is CCOC(Cc1ccc(OCCN(CCCOCc2ccccc2)C(=O)Nc2ccc(Br)cc2)cc1)C(=O)O. The van der Waals surface area contributed by atoms with Crippen LogP contribution in [0.5, 0.6) is 5.75 Å². The number of carbonyl (C=O) groups is 2. The molecule has 9 heteroatoms. The van der Waals surface area contributed by atoms with Crippen LogP contribution in [0.1, 0.15) is 24.5 Å². The number of hydrogen-bond donors (Lipinski definition) is 2. The van der Waals surface area contributed by atoms with Crippen molar-refractivity contribution in [1.29, 1.82) is 0 Å². The molecule has 0 saturated heterocycles. The van der Waals surface area contributed by atoms with E-state index in [0.717, 1.165) is 15.6 Å². The summed E-state index contributed by atoms with van der Waals surface area (Å²) in [7, 11) is 0. The zero-order chi connectivity index (χ0) is 27.9. The number of urea groups is 1. The largest absolute Gasteiger partial charge is 0.492 e. The number of anilines is 1. The van der Waals surface area contributed by atoms with Gasteiger partial charge in [-0.1, -0.05) is 58.4 Å². The van der Waals surface area contributed by atoms with Gasteiger partial charge in [0.05, 0.1) is 13.2 Å². The number of carboxylic acid groups (broad SMARTS) is 1. The molecule has 0 fully saturated rings. The van der Waals surface area contributed by atoms with Crippen LogP contribution in [0.2, 0.25) is 0 Å². The fourth-order valence-corrected chi connectivity index (χ4v) is 4.06. The third-order valence-corrected chi connectivity index (χ3v) is 6.36. The number of carboxylic acids is 1. The smallest absolute Gasteiger partial charge is 0.333 e. The third kappa shape index (κ3) is 11.1. The molecule has 3 rings (SSSR count). The average molecular weight is 600 g/mol. The molecule has 208 valence electrons. The molecule has 0 aliphatic heterocycles. The van der Waals surface area contributed by atoms with Crippen LogP contribution in [-0.4, -0.2) is 61.0 Å². The van der Waals surface area contributed by atoms with E-state index in [-0.39, 0.29) is 12.5 Å². The number of halogens is 1. The zero-order valence-electron chi connectivity index (χ0n) is 22.1. The van der Waals surface area contributed by atoms with Crippen molar-refractivity contribution >= 4 is 33.6 Å². The van der Waals surface area contributed by atoms with E-state index in [1.165, 1.54) is 0 Å². The minimum Gasteiger partial charge on any atom is -0.492 e. The summed E-state index contributed by atoms with van der Waals surface area (Å²) in [6.07, 6.45) is 0.0795. The summed E-state index contributed by atoms with van der Waals surface area (Å²) in [5.41, 5.74) is 2.66. The molecular weight excluding hydrogens is 564 g/mol. The summed E-state index contributed by atoms with van der Waals surface area (Å²) in [4.78, 5) is 26.1. The Morgan fingerprint density at radius 1 is 0.923 bits per heavy atom. The van der Waals surface area contributed by atoms with Crippen molar-refractivity contribution in [2.45, 2.75) is 32.5 Å². The van der Waals surface area contributed by atoms with Gasteiger partial charge in [0.1, 0.15) is 12.4 Å². The lowest BCUT2D eigenvalue weighted by Crippen LogP contribution is -2.39. The van der Waals surface area contributed by atoms with Crippen LogP contribution < -0.4 is 10.1 Å². The van der Waals surface area contributed by atoms with Gasteiger partial charge < -0.3 is 29.5 Å². The first-order chi connectivity index (χ1) is 18.9. The highest BCUT2D eigenvalue weighted by Gasteiger charge is 2.18. The summed E-state index contributed by atoms with van der Waals surface area (Å²) in [5, 5.41) is 12.2. The molecule has 3 aromatic carbocycles. The fourth-order valence-electron chi connectivity index (χ4n) is 3.80. The Labute approximate surface area is 238 Å². The highest BCUT2D eigenvalue weighted by molar-refractivity contribution is 9.10. The summed E-state index contributed by atoms with van der Waals surface area (Å²) >= 11 is 3.41. The number of nitrogens with zero attached hydrogens (tertiary/aromatic N) is 1. The highest BCUT2D eigenvalue weighted by atomic mass is 79.9. The molecule has 0 aromatic heterocycles. The Bertz CT molecular complexity index is 1140. The molecule has 2 amide bonds. The van der Waals surface area contributed by atoms with Gasteiger partial charge in [0.15, 0.2) is 6.10 Å². The van der Waals surface area contributed by atoms with Crippen molar-refractivity contribution in [3.63, 3.8) is 0 Å². The predicted molar refractivity (Wildman–Crippen MR) is 154 cm³/mol. The van der Waals surface area contributed by atoms with Crippen LogP contribution in [0, 0.1) is 0 Å². The predicted octanol–water partition coefficient (Wildman–Crippen LogP) is 6.00. The number of aliphatic carboxylic acids is 1. The molecule has 1 atom stereocenters. The molecule has 0 spiro atoms. The maximum atomic E-state index is 13.0. The minimum atomic E-state index is -0.982. The number of rotatable bonds is 16. The van der Waals surface area contributed by atoms with Crippen LogP contribution in [0.4, 0.5) is 10.5 Å². The number of carbonyl (C=O) groups excluding carboxylic acids is 1. The van der Waals surface area contributed by atoms with Crippen LogP contribution in [-0.2, 0) is 27.3 Å². The van der Waals surface area contributed by atoms with Gasteiger partial charge in [-0.2, -0.15) is 0 Å². The van der Waals surface area contributed by atoms with Gasteiger partial charge in [-0.25, -0.2) is 9.59 Å². The standard InChI is InChI=1S/C30H35BrN2O6/c1-2-38-28(29(34)35)21-23-9-15-27(16-10-23)39-20-18-33(30(36)32-26-13-11-25(31)12-14-26)17-6-19-37-22-24-7-4-3-5-8-24/h3-5,7-16,28H,2,6,17-22H2,1H3,(H,32,36)(H,34,35). The molecule has 39 heavy (non-hydrogen) atoms. The van der Waals surface area contributed by atoms with Gasteiger partial charge in [0.2, 0.25) is 0 Å². The summed E-state index contributed by atoms with van der Waals surface area (Å²) in [5.74, 6) is -0.342. The molecule has 3 aromatic rings. The second kappa shape index (κ2) is 16.5. The molecule has 0 heterocycles. The Morgan fingerprint density at radius 3 is 2.31 bits per heavy atom. The lowest BCUT2D eigenvalue weighted by atomic mass is 10.1. The van der Waals surface area contributed by atoms with Gasteiger partial charge in [0.25, 0.3) is 0 Å². The number of nitrogens with one attached hydrogen (secondary N) is 1. The van der Waals surface area contributed by atoms with E-state index < -0.39 is 12.1 Å². The van der Waals surface area contributed by atoms with E-state index in [2.05, 4.69) is 21.2 Å². The third-order valence-electron chi connectivity index (χ3n) is 5.83. The van der Waals surface area contributed by atoms with Crippen molar-refractivity contribution in [2.75, 3.05) is 38.2 Å². The number of ether oxygens (including phenoxy) is 3. The molecule has 0 radical (unpaired) electrons. The van der Waals surface area contributed by atoms with Crippen molar-refractivity contribution in [2.24, 2.45) is 0 Å². The fraction of sp³-hybridized carbons (Fsp3) is 0.333. The zero-order valence-corrected chi connectivity index (χ0v) is 23.6. The number of amides is 2. The van der Waals surface area contributed by atoms with Gasteiger partial charge >= 0.3 is 12.0 Å². The summed E-state index contributed by atoms with van der Waals surface area (Å²) < 4.78 is 17.9. The van der Waals surface area contributed by atoms with E-state index in [0.29, 0.717) is 57.4 Å². The Morgan fingerprint density at radius 2 is 1.64 bits per heavy atom. The molecule has 2 N–H and O–H groups in total. The van der Waals surface area contributed by atoms with E-state index in [1.807, 2.05) is 66.7 Å². The first-order valence-corrected chi connectivity index (χ1v) is 13.7. The van der Waals surface area contributed by atoms with E-state index in [9.17, 15) is 14.7 Å². The van der Waals surface area contributed by atoms with E-state index in [1.54, 1.807) is 24.0 Å². The van der Waals surface area contributed by atoms with Crippen molar-refractivity contribution in [3.8, 4) is 5.75 Å². The first-order valence-electron chi connectivity index (χ1n) is 12.9. The van der Waals surface area contributed by atoms with Gasteiger partial charge in [-0.3, -0.25) is 0 Å². The van der Waals surface area contributed by atoms with Gasteiger partial charge in [0, 0.05) is 36.3 Å². The van der Waals surface area contributed by atoms with Gasteiger partial charge in [-0.05, 0) is 60.9 Å². The Kier molecular flexibility index (Phi) is 12.8. The van der Waals surface area contributed by atoms with Gasteiger partial charge in [-0.15, -0.1) is 0 Å². The molecular formula is C30H35BrN2O6. The Balaban J connectivity index is 1.50. The first kappa shape index (κ1) is 30.1. The summed E-state index contributed by atoms with van der Waals surface area (Å²) in [6, 6.07) is 24.4. The normalized spacial score (nSPS) is 11.5. The molecule has 8 nitrogen and oxygen atoms in total. The second-order valence-corrected chi connectivity index (χ2v) is 9.71. The quantitative estimate of drug-likeness (QED) is 0.196. The van der Waals surface area contributed by atoms with E-state index in [4.69, 9.17) is 14.2 Å². The van der Waals surface area contributed by atoms with Crippen LogP contribution in [0.3, 0.4) is 0 Å². The molecule has 0 aliphatic rings. The van der Waals surface area contributed by atoms with Crippen LogP contribution in [0.15, 0.2) is 83.3 Å². The minimum absolute atomic E-state index is 0.213. The monoisotopic (exact) mass is 598 g/mol. The highest BCUT2D eigenvalue weighted by Crippen LogP contribution is 2.16. The molecule has 1 unspecified atom stereocenters. The number of benzene rings is 3. The topological polar surface area (TPSA) is 97.3 Å². The maximum Gasteiger partial charge on any atom is 0.333 e. The van der Waals surface area contributed by atoms with Crippen molar-refractivity contribution < 1.29 is 28.9 Å².